The minimum absolute atomic E-state index is 0.965. The van der Waals surface area contributed by atoms with E-state index in [1.165, 1.54) is 32.6 Å². The molecule has 0 radical (unpaired) electrons. The summed E-state index contributed by atoms with van der Waals surface area (Å²) in [5.74, 6) is 0. The number of anilines is 1. The predicted molar refractivity (Wildman–Crippen MR) is 113 cm³/mol. The second-order valence-corrected chi connectivity index (χ2v) is 7.28. The van der Waals surface area contributed by atoms with Gasteiger partial charge in [-0.2, -0.15) is 0 Å². The average molecular weight is 343 g/mol. The van der Waals surface area contributed by atoms with Crippen molar-refractivity contribution in [1.29, 1.82) is 0 Å². The van der Waals surface area contributed by atoms with Crippen LogP contribution in [0.25, 0.3) is 32.4 Å². The van der Waals surface area contributed by atoms with Gasteiger partial charge in [0.2, 0.25) is 0 Å². The molecule has 4 rings (SSSR count). The molecule has 26 heavy (non-hydrogen) atoms. The highest BCUT2D eigenvalue weighted by atomic mass is 15.1. The van der Waals surface area contributed by atoms with Crippen LogP contribution in [0.3, 0.4) is 0 Å². The predicted octanol–water partition coefficient (Wildman–Crippen LogP) is 5.21. The lowest BCUT2D eigenvalue weighted by Gasteiger charge is -2.14. The molecule has 3 nitrogen and oxygen atoms in total. The van der Waals surface area contributed by atoms with Crippen LogP contribution in [-0.2, 0) is 0 Å². The fraction of sp³-hybridized carbons (Fsp3) is 0.261. The molecule has 0 aliphatic carbocycles. The molecule has 1 N–H and O–H groups in total. The van der Waals surface area contributed by atoms with Crippen LogP contribution in [0.5, 0.6) is 0 Å². The largest absolute Gasteiger partial charge is 0.384 e. The SMILES string of the molecule is Cc1cc(NCCCN(C)C)c2ccc3cc4ccccc4cc3c2n1. The van der Waals surface area contributed by atoms with Crippen LogP contribution in [0, 0.1) is 6.92 Å². The van der Waals surface area contributed by atoms with E-state index in [-0.39, 0.29) is 0 Å². The van der Waals surface area contributed by atoms with E-state index in [1.54, 1.807) is 0 Å². The lowest BCUT2D eigenvalue weighted by Crippen LogP contribution is -2.16. The maximum atomic E-state index is 4.88. The maximum absolute atomic E-state index is 4.88. The lowest BCUT2D eigenvalue weighted by atomic mass is 10.00. The van der Waals surface area contributed by atoms with Crippen molar-refractivity contribution in [2.75, 3.05) is 32.5 Å². The number of benzene rings is 3. The van der Waals surface area contributed by atoms with E-state index in [0.717, 1.165) is 30.7 Å². The Balaban J connectivity index is 1.81. The van der Waals surface area contributed by atoms with Crippen LogP contribution in [-0.4, -0.2) is 37.1 Å². The third-order valence-corrected chi connectivity index (χ3v) is 4.89. The summed E-state index contributed by atoms with van der Waals surface area (Å²) in [5, 5.41) is 9.82. The number of hydrogen-bond acceptors (Lipinski definition) is 3. The van der Waals surface area contributed by atoms with Gasteiger partial charge < -0.3 is 10.2 Å². The first-order chi connectivity index (χ1) is 12.6. The molecule has 1 heterocycles. The molecule has 0 aliphatic rings. The van der Waals surface area contributed by atoms with Crippen molar-refractivity contribution >= 4 is 38.1 Å². The molecule has 0 bridgehead atoms. The normalized spacial score (nSPS) is 11.7. The van der Waals surface area contributed by atoms with Crippen molar-refractivity contribution in [1.82, 2.24) is 9.88 Å². The van der Waals surface area contributed by atoms with Crippen molar-refractivity contribution < 1.29 is 0 Å². The minimum atomic E-state index is 0.965. The monoisotopic (exact) mass is 343 g/mol. The molecule has 0 aliphatic heterocycles. The molecular formula is C23H25N3. The van der Waals surface area contributed by atoms with Crippen molar-refractivity contribution in [3.63, 3.8) is 0 Å². The Kier molecular flexibility index (Phi) is 4.48. The van der Waals surface area contributed by atoms with Gasteiger partial charge in [-0.15, -0.1) is 0 Å². The molecule has 0 spiro atoms. The van der Waals surface area contributed by atoms with Gasteiger partial charge in [0.1, 0.15) is 0 Å². The minimum Gasteiger partial charge on any atom is -0.384 e. The van der Waals surface area contributed by atoms with Crippen LogP contribution in [0.4, 0.5) is 5.69 Å². The molecule has 0 unspecified atom stereocenters. The molecule has 4 aromatic rings. The highest BCUT2D eigenvalue weighted by Gasteiger charge is 2.09. The fourth-order valence-electron chi connectivity index (χ4n) is 3.60. The van der Waals surface area contributed by atoms with Crippen molar-refractivity contribution in [2.45, 2.75) is 13.3 Å². The van der Waals surface area contributed by atoms with Gasteiger partial charge in [-0.25, -0.2) is 0 Å². The molecule has 3 aromatic carbocycles. The molecular weight excluding hydrogens is 318 g/mol. The first-order valence-electron chi connectivity index (χ1n) is 9.23. The van der Waals surface area contributed by atoms with Gasteiger partial charge in [-0.1, -0.05) is 36.4 Å². The Hall–Kier alpha value is -2.65. The number of nitrogens with zero attached hydrogens (tertiary/aromatic N) is 2. The highest BCUT2D eigenvalue weighted by Crippen LogP contribution is 2.32. The molecule has 0 saturated carbocycles. The summed E-state index contributed by atoms with van der Waals surface area (Å²) in [5.41, 5.74) is 3.32. The van der Waals surface area contributed by atoms with Gasteiger partial charge in [0.05, 0.1) is 5.52 Å². The van der Waals surface area contributed by atoms with E-state index in [4.69, 9.17) is 4.98 Å². The van der Waals surface area contributed by atoms with Crippen LogP contribution in [0.2, 0.25) is 0 Å². The standard InChI is InChI=1S/C23H25N3/c1-16-13-22(24-11-6-12-26(2)3)20-10-9-19-14-17-7-4-5-8-18(17)15-21(19)23(20)25-16/h4-5,7-10,13-15H,6,11-12H2,1-3H3,(H,24,25). The Morgan fingerprint density at radius 2 is 1.65 bits per heavy atom. The van der Waals surface area contributed by atoms with Crippen LogP contribution >= 0.6 is 0 Å². The molecule has 132 valence electrons. The zero-order valence-corrected chi connectivity index (χ0v) is 15.7. The van der Waals surface area contributed by atoms with E-state index >= 15 is 0 Å². The van der Waals surface area contributed by atoms with Crippen molar-refractivity contribution in [3.8, 4) is 0 Å². The van der Waals surface area contributed by atoms with Crippen LogP contribution in [0.15, 0.2) is 54.6 Å². The Bertz CT molecular complexity index is 1080. The molecule has 0 amide bonds. The van der Waals surface area contributed by atoms with E-state index in [2.05, 4.69) is 85.8 Å². The number of fused-ring (bicyclic) bond motifs is 4. The van der Waals surface area contributed by atoms with E-state index in [0.29, 0.717) is 0 Å². The van der Waals surface area contributed by atoms with Gasteiger partial charge in [0.15, 0.2) is 0 Å². The van der Waals surface area contributed by atoms with Crippen LogP contribution in [0.1, 0.15) is 12.1 Å². The lowest BCUT2D eigenvalue weighted by molar-refractivity contribution is 0.405. The molecule has 1 aromatic heterocycles. The third kappa shape index (κ3) is 3.23. The van der Waals surface area contributed by atoms with Gasteiger partial charge in [-0.3, -0.25) is 4.98 Å². The van der Waals surface area contributed by atoms with Gasteiger partial charge in [-0.05, 0) is 68.3 Å². The summed E-state index contributed by atoms with van der Waals surface area (Å²) in [6, 6.07) is 19.6. The van der Waals surface area contributed by atoms with Crippen molar-refractivity contribution in [2.24, 2.45) is 0 Å². The van der Waals surface area contributed by atoms with Gasteiger partial charge >= 0.3 is 0 Å². The number of pyridine rings is 1. The highest BCUT2D eigenvalue weighted by molar-refractivity contribution is 6.13. The van der Waals surface area contributed by atoms with E-state index in [9.17, 15) is 0 Å². The molecule has 0 fully saturated rings. The van der Waals surface area contributed by atoms with Crippen molar-refractivity contribution in [3.05, 3.63) is 60.3 Å². The summed E-state index contributed by atoms with van der Waals surface area (Å²) < 4.78 is 0. The Morgan fingerprint density at radius 1 is 0.885 bits per heavy atom. The summed E-state index contributed by atoms with van der Waals surface area (Å²) in [7, 11) is 4.23. The molecule has 0 atom stereocenters. The second-order valence-electron chi connectivity index (χ2n) is 7.28. The zero-order chi connectivity index (χ0) is 18.1. The smallest absolute Gasteiger partial charge is 0.0804 e. The first-order valence-corrected chi connectivity index (χ1v) is 9.23. The van der Waals surface area contributed by atoms with Gasteiger partial charge in [0.25, 0.3) is 0 Å². The van der Waals surface area contributed by atoms with E-state index in [1.807, 2.05) is 0 Å². The average Bonchev–Trinajstić information content (AvgIpc) is 2.63. The first kappa shape index (κ1) is 16.8. The summed E-state index contributed by atoms with van der Waals surface area (Å²) in [4.78, 5) is 7.10. The van der Waals surface area contributed by atoms with Gasteiger partial charge in [0, 0.05) is 28.7 Å². The molecule has 3 heteroatoms. The fourth-order valence-corrected chi connectivity index (χ4v) is 3.60. The summed E-state index contributed by atoms with van der Waals surface area (Å²) >= 11 is 0. The number of nitrogens with one attached hydrogen (secondary N) is 1. The Morgan fingerprint density at radius 3 is 2.42 bits per heavy atom. The van der Waals surface area contributed by atoms with E-state index < -0.39 is 0 Å². The number of aromatic nitrogens is 1. The number of rotatable bonds is 5. The Labute approximate surface area is 154 Å². The quantitative estimate of drug-likeness (QED) is 0.306. The summed E-state index contributed by atoms with van der Waals surface area (Å²) in [6.07, 6.45) is 1.12. The third-order valence-electron chi connectivity index (χ3n) is 4.89. The molecule has 0 saturated heterocycles. The van der Waals surface area contributed by atoms with Crippen LogP contribution < -0.4 is 5.32 Å². The zero-order valence-electron chi connectivity index (χ0n) is 15.7. The second kappa shape index (κ2) is 6.93. The topological polar surface area (TPSA) is 28.2 Å². The number of aryl methyl sites for hydroxylation is 1. The number of hydrogen-bond donors (Lipinski definition) is 1. The summed E-state index contributed by atoms with van der Waals surface area (Å²) in [6.45, 7) is 4.13. The maximum Gasteiger partial charge on any atom is 0.0804 e.